The summed E-state index contributed by atoms with van der Waals surface area (Å²) >= 11 is 0. The van der Waals surface area contributed by atoms with E-state index in [1.54, 1.807) is 24.3 Å². The Kier molecular flexibility index (Phi) is 5.20. The van der Waals surface area contributed by atoms with Crippen LogP contribution >= 0.6 is 0 Å². The van der Waals surface area contributed by atoms with Crippen molar-refractivity contribution in [2.45, 2.75) is 6.42 Å². The van der Waals surface area contributed by atoms with Gasteiger partial charge in [-0.15, -0.1) is 0 Å². The van der Waals surface area contributed by atoms with E-state index in [-0.39, 0.29) is 18.8 Å². The quantitative estimate of drug-likeness (QED) is 0.715. The SMILES string of the molecule is O=C(c1n[nH]c2ccccc2c1=O)N(CCO)CCc1ccccc1. The van der Waals surface area contributed by atoms with Gasteiger partial charge in [-0.2, -0.15) is 5.10 Å². The average molecular weight is 337 g/mol. The van der Waals surface area contributed by atoms with Gasteiger partial charge in [0.15, 0.2) is 5.69 Å². The molecule has 1 amide bonds. The third-order valence-corrected chi connectivity index (χ3v) is 4.05. The first kappa shape index (κ1) is 16.9. The Morgan fingerprint density at radius 3 is 2.52 bits per heavy atom. The highest BCUT2D eigenvalue weighted by Gasteiger charge is 2.21. The number of H-pyrrole nitrogens is 1. The Morgan fingerprint density at radius 2 is 1.76 bits per heavy atom. The van der Waals surface area contributed by atoms with Crippen molar-refractivity contribution in [1.29, 1.82) is 0 Å². The van der Waals surface area contributed by atoms with Gasteiger partial charge in [0.1, 0.15) is 0 Å². The summed E-state index contributed by atoms with van der Waals surface area (Å²) < 4.78 is 0. The summed E-state index contributed by atoms with van der Waals surface area (Å²) in [4.78, 5) is 26.8. The van der Waals surface area contributed by atoms with E-state index in [4.69, 9.17) is 0 Å². The first-order valence-electron chi connectivity index (χ1n) is 8.12. The van der Waals surface area contributed by atoms with E-state index >= 15 is 0 Å². The van der Waals surface area contributed by atoms with Crippen LogP contribution in [0.15, 0.2) is 59.4 Å². The number of rotatable bonds is 6. The van der Waals surface area contributed by atoms with Crippen molar-refractivity contribution in [3.05, 3.63) is 76.1 Å². The highest BCUT2D eigenvalue weighted by atomic mass is 16.3. The maximum atomic E-state index is 12.8. The van der Waals surface area contributed by atoms with E-state index in [2.05, 4.69) is 10.2 Å². The fourth-order valence-electron chi connectivity index (χ4n) is 2.71. The standard InChI is InChI=1S/C19H19N3O3/c23-13-12-22(11-10-14-6-2-1-3-7-14)19(25)17-18(24)15-8-4-5-9-16(15)20-21-17/h1-9,23H,10-13H2,(H,20,24). The predicted octanol–water partition coefficient (Wildman–Crippen LogP) is 1.60. The molecule has 3 aromatic rings. The van der Waals surface area contributed by atoms with Crippen LogP contribution in [0.5, 0.6) is 0 Å². The molecule has 128 valence electrons. The topological polar surface area (TPSA) is 86.3 Å². The van der Waals surface area contributed by atoms with Crippen molar-refractivity contribution in [3.8, 4) is 0 Å². The molecule has 0 spiro atoms. The van der Waals surface area contributed by atoms with Crippen LogP contribution in [-0.4, -0.2) is 45.8 Å². The molecule has 6 nitrogen and oxygen atoms in total. The van der Waals surface area contributed by atoms with Gasteiger partial charge in [-0.1, -0.05) is 42.5 Å². The molecular weight excluding hydrogens is 318 g/mol. The zero-order valence-corrected chi connectivity index (χ0v) is 13.7. The molecule has 1 aromatic heterocycles. The smallest absolute Gasteiger partial charge is 0.278 e. The molecule has 0 atom stereocenters. The Bertz CT molecular complexity index is 922. The number of hydrogen-bond acceptors (Lipinski definition) is 4. The number of carbonyl (C=O) groups is 1. The molecule has 0 aliphatic rings. The second-order valence-electron chi connectivity index (χ2n) is 5.70. The van der Waals surface area contributed by atoms with Crippen LogP contribution in [0.3, 0.4) is 0 Å². The number of aliphatic hydroxyl groups excluding tert-OH is 1. The van der Waals surface area contributed by atoms with Crippen molar-refractivity contribution >= 4 is 16.8 Å². The number of aromatic nitrogens is 2. The van der Waals surface area contributed by atoms with Gasteiger partial charge in [0, 0.05) is 18.5 Å². The zero-order chi connectivity index (χ0) is 17.6. The molecule has 0 unspecified atom stereocenters. The van der Waals surface area contributed by atoms with Crippen LogP contribution in [0, 0.1) is 0 Å². The molecule has 2 aromatic carbocycles. The van der Waals surface area contributed by atoms with Crippen LogP contribution in [0.4, 0.5) is 0 Å². The third-order valence-electron chi connectivity index (χ3n) is 4.05. The molecule has 6 heteroatoms. The summed E-state index contributed by atoms with van der Waals surface area (Å²) in [7, 11) is 0. The van der Waals surface area contributed by atoms with Gasteiger partial charge in [-0.05, 0) is 24.1 Å². The van der Waals surface area contributed by atoms with Gasteiger partial charge in [-0.25, -0.2) is 0 Å². The van der Waals surface area contributed by atoms with Gasteiger partial charge >= 0.3 is 0 Å². The van der Waals surface area contributed by atoms with E-state index in [9.17, 15) is 14.7 Å². The lowest BCUT2D eigenvalue weighted by Crippen LogP contribution is -2.38. The molecule has 0 saturated carbocycles. The van der Waals surface area contributed by atoms with Crippen molar-refractivity contribution < 1.29 is 9.90 Å². The minimum absolute atomic E-state index is 0.152. The normalized spacial score (nSPS) is 10.8. The fraction of sp³-hybridized carbons (Fsp3) is 0.211. The minimum Gasteiger partial charge on any atom is -0.395 e. The fourth-order valence-corrected chi connectivity index (χ4v) is 2.71. The number of nitrogens with one attached hydrogen (secondary N) is 1. The number of carbonyl (C=O) groups excluding carboxylic acids is 1. The summed E-state index contributed by atoms with van der Waals surface area (Å²) in [6.07, 6.45) is 0.637. The van der Waals surface area contributed by atoms with E-state index < -0.39 is 11.3 Å². The Balaban J connectivity index is 1.85. The van der Waals surface area contributed by atoms with E-state index in [1.807, 2.05) is 30.3 Å². The summed E-state index contributed by atoms with van der Waals surface area (Å²) in [6, 6.07) is 16.7. The molecule has 0 radical (unpaired) electrons. The van der Waals surface area contributed by atoms with Gasteiger partial charge in [0.2, 0.25) is 5.43 Å². The highest BCUT2D eigenvalue weighted by molar-refractivity contribution is 5.95. The van der Waals surface area contributed by atoms with Crippen molar-refractivity contribution in [2.24, 2.45) is 0 Å². The summed E-state index contributed by atoms with van der Waals surface area (Å²) in [5.41, 5.74) is 1.11. The van der Waals surface area contributed by atoms with Gasteiger partial charge < -0.3 is 10.0 Å². The number of amides is 1. The zero-order valence-electron chi connectivity index (χ0n) is 13.7. The van der Waals surface area contributed by atoms with Crippen LogP contribution in [0.2, 0.25) is 0 Å². The van der Waals surface area contributed by atoms with Gasteiger partial charge in [0.25, 0.3) is 5.91 Å². The molecule has 0 bridgehead atoms. The lowest BCUT2D eigenvalue weighted by atomic mass is 10.1. The molecule has 1 heterocycles. The Morgan fingerprint density at radius 1 is 1.04 bits per heavy atom. The first-order chi connectivity index (χ1) is 12.2. The van der Waals surface area contributed by atoms with Crippen molar-refractivity contribution in [2.75, 3.05) is 19.7 Å². The molecule has 25 heavy (non-hydrogen) atoms. The molecule has 2 N–H and O–H groups in total. The van der Waals surface area contributed by atoms with Crippen molar-refractivity contribution in [1.82, 2.24) is 15.1 Å². The van der Waals surface area contributed by atoms with Crippen LogP contribution in [-0.2, 0) is 6.42 Å². The molecule has 0 fully saturated rings. The minimum atomic E-state index is -0.475. The number of nitrogens with zero attached hydrogens (tertiary/aromatic N) is 2. The first-order valence-corrected chi connectivity index (χ1v) is 8.12. The second kappa shape index (κ2) is 7.72. The number of fused-ring (bicyclic) bond motifs is 1. The molecular formula is C19H19N3O3. The molecule has 0 aliphatic carbocycles. The number of benzene rings is 2. The van der Waals surface area contributed by atoms with Gasteiger partial charge in [0.05, 0.1) is 12.1 Å². The van der Waals surface area contributed by atoms with E-state index in [0.717, 1.165) is 5.56 Å². The molecule has 3 rings (SSSR count). The van der Waals surface area contributed by atoms with Crippen LogP contribution in [0.25, 0.3) is 10.9 Å². The Hall–Kier alpha value is -2.99. The maximum Gasteiger partial charge on any atom is 0.278 e. The number of aliphatic hydroxyl groups is 1. The largest absolute Gasteiger partial charge is 0.395 e. The molecule has 0 aliphatic heterocycles. The van der Waals surface area contributed by atoms with Crippen LogP contribution < -0.4 is 5.43 Å². The number of para-hydroxylation sites is 1. The van der Waals surface area contributed by atoms with E-state index in [0.29, 0.717) is 23.9 Å². The predicted molar refractivity (Wildman–Crippen MR) is 95.5 cm³/mol. The summed E-state index contributed by atoms with van der Waals surface area (Å²) in [5.74, 6) is -0.475. The summed E-state index contributed by atoms with van der Waals surface area (Å²) in [6.45, 7) is 0.378. The number of hydrogen-bond donors (Lipinski definition) is 2. The third kappa shape index (κ3) is 3.75. The van der Waals surface area contributed by atoms with Crippen LogP contribution in [0.1, 0.15) is 16.1 Å². The van der Waals surface area contributed by atoms with Gasteiger partial charge in [-0.3, -0.25) is 14.7 Å². The molecule has 0 saturated heterocycles. The van der Waals surface area contributed by atoms with E-state index in [1.165, 1.54) is 4.90 Å². The second-order valence-corrected chi connectivity index (χ2v) is 5.70. The summed E-state index contributed by atoms with van der Waals surface area (Å²) in [5, 5.41) is 16.4. The lowest BCUT2D eigenvalue weighted by molar-refractivity contribution is 0.0716. The average Bonchev–Trinajstić information content (AvgIpc) is 2.66. The number of aromatic amines is 1. The maximum absolute atomic E-state index is 12.8. The lowest BCUT2D eigenvalue weighted by Gasteiger charge is -2.21. The Labute approximate surface area is 144 Å². The monoisotopic (exact) mass is 337 g/mol. The van der Waals surface area contributed by atoms with Crippen molar-refractivity contribution in [3.63, 3.8) is 0 Å². The highest BCUT2D eigenvalue weighted by Crippen LogP contribution is 2.08.